The van der Waals surface area contributed by atoms with Crippen LogP contribution in [0.25, 0.3) is 4.96 Å². The molecule has 8 heteroatoms. The molecule has 0 radical (unpaired) electrons. The number of hydrogen-bond donors (Lipinski definition) is 0. The van der Waals surface area contributed by atoms with E-state index in [2.05, 4.69) is 38.5 Å². The Hall–Kier alpha value is -2.06. The largest absolute Gasteiger partial charge is 0.312 e. The summed E-state index contributed by atoms with van der Waals surface area (Å²) in [5, 5.41) is 10.6. The molecule has 0 saturated heterocycles. The van der Waals surface area contributed by atoms with Crippen molar-refractivity contribution in [1.82, 2.24) is 29.0 Å². The summed E-state index contributed by atoms with van der Waals surface area (Å²) in [6.07, 6.45) is 0. The molecule has 0 atom stereocenters. The van der Waals surface area contributed by atoms with Crippen LogP contribution < -0.4 is 5.56 Å². The van der Waals surface area contributed by atoms with Crippen molar-refractivity contribution < 1.29 is 0 Å². The van der Waals surface area contributed by atoms with E-state index >= 15 is 0 Å². The number of aromatic nitrogens is 5. The molecule has 7 nitrogen and oxygen atoms in total. The van der Waals surface area contributed by atoms with Crippen LogP contribution in [0.15, 0.2) is 16.2 Å². The Morgan fingerprint density at radius 2 is 2.12 bits per heavy atom. The molecular formula is C16H20N6OS. The smallest absolute Gasteiger partial charge is 0.259 e. The summed E-state index contributed by atoms with van der Waals surface area (Å²) >= 11 is 1.51. The number of fused-ring (bicyclic) bond motifs is 2. The fourth-order valence-electron chi connectivity index (χ4n) is 3.20. The van der Waals surface area contributed by atoms with Crippen molar-refractivity contribution in [2.24, 2.45) is 0 Å². The van der Waals surface area contributed by atoms with E-state index in [0.717, 1.165) is 47.6 Å². The summed E-state index contributed by atoms with van der Waals surface area (Å²) in [4.78, 5) is 20.0. The number of hydrogen-bond acceptors (Lipinski definition) is 6. The molecule has 0 saturated carbocycles. The Kier molecular flexibility index (Phi) is 3.73. The Morgan fingerprint density at radius 1 is 1.29 bits per heavy atom. The second kappa shape index (κ2) is 5.78. The Bertz CT molecular complexity index is 953. The summed E-state index contributed by atoms with van der Waals surface area (Å²) in [6, 6.07) is 1.64. The molecular weight excluding hydrogens is 324 g/mol. The number of aryl methyl sites for hydroxylation is 1. The molecule has 4 heterocycles. The maximum absolute atomic E-state index is 12.3. The second-order valence-corrected chi connectivity index (χ2v) is 7.41. The lowest BCUT2D eigenvalue weighted by Gasteiger charge is -2.27. The zero-order valence-corrected chi connectivity index (χ0v) is 14.9. The van der Waals surface area contributed by atoms with Crippen LogP contribution in [-0.2, 0) is 19.6 Å². The highest BCUT2D eigenvalue weighted by Crippen LogP contribution is 2.19. The van der Waals surface area contributed by atoms with Gasteiger partial charge in [-0.3, -0.25) is 14.1 Å². The van der Waals surface area contributed by atoms with Gasteiger partial charge in [-0.2, -0.15) is 0 Å². The van der Waals surface area contributed by atoms with Crippen LogP contribution in [0.4, 0.5) is 0 Å². The van der Waals surface area contributed by atoms with Crippen molar-refractivity contribution in [1.29, 1.82) is 0 Å². The van der Waals surface area contributed by atoms with Gasteiger partial charge in [-0.1, -0.05) is 13.8 Å². The molecule has 0 aliphatic carbocycles. The Balaban J connectivity index is 1.57. The topological polar surface area (TPSA) is 68.3 Å². The van der Waals surface area contributed by atoms with Crippen molar-refractivity contribution in [3.63, 3.8) is 0 Å². The molecule has 0 unspecified atom stereocenters. The molecule has 3 aromatic heterocycles. The average Bonchev–Trinajstić information content (AvgIpc) is 3.11. The van der Waals surface area contributed by atoms with E-state index in [1.54, 1.807) is 10.5 Å². The molecule has 0 fully saturated rings. The predicted molar refractivity (Wildman–Crippen MR) is 92.3 cm³/mol. The van der Waals surface area contributed by atoms with Crippen molar-refractivity contribution in [2.45, 2.75) is 46.3 Å². The predicted octanol–water partition coefficient (Wildman–Crippen LogP) is 1.80. The van der Waals surface area contributed by atoms with E-state index in [1.165, 1.54) is 11.3 Å². The van der Waals surface area contributed by atoms with E-state index in [0.29, 0.717) is 12.5 Å². The van der Waals surface area contributed by atoms with Gasteiger partial charge in [0, 0.05) is 42.7 Å². The van der Waals surface area contributed by atoms with E-state index in [1.807, 2.05) is 12.3 Å². The van der Waals surface area contributed by atoms with Gasteiger partial charge in [-0.15, -0.1) is 21.5 Å². The zero-order chi connectivity index (χ0) is 16.8. The van der Waals surface area contributed by atoms with Gasteiger partial charge in [0.15, 0.2) is 4.96 Å². The molecule has 126 valence electrons. The third-order valence-electron chi connectivity index (χ3n) is 4.39. The minimum atomic E-state index is -0.00368. The Morgan fingerprint density at radius 3 is 2.92 bits per heavy atom. The van der Waals surface area contributed by atoms with Crippen LogP contribution in [0.5, 0.6) is 0 Å². The van der Waals surface area contributed by atoms with E-state index in [4.69, 9.17) is 0 Å². The monoisotopic (exact) mass is 344 g/mol. The number of nitrogens with zero attached hydrogens (tertiary/aromatic N) is 6. The Labute approximate surface area is 143 Å². The minimum absolute atomic E-state index is 0.00368. The maximum Gasteiger partial charge on any atom is 0.259 e. The lowest BCUT2D eigenvalue weighted by Crippen LogP contribution is -2.34. The van der Waals surface area contributed by atoms with Crippen molar-refractivity contribution in [3.05, 3.63) is 44.8 Å². The van der Waals surface area contributed by atoms with Gasteiger partial charge in [0.1, 0.15) is 11.6 Å². The minimum Gasteiger partial charge on any atom is -0.312 e. The first-order valence-electron chi connectivity index (χ1n) is 8.14. The summed E-state index contributed by atoms with van der Waals surface area (Å²) in [5.41, 5.74) is 1.75. The van der Waals surface area contributed by atoms with Crippen LogP contribution >= 0.6 is 11.3 Å². The van der Waals surface area contributed by atoms with Gasteiger partial charge >= 0.3 is 0 Å². The van der Waals surface area contributed by atoms with Crippen LogP contribution in [0, 0.1) is 6.92 Å². The fraction of sp³-hybridized carbons (Fsp3) is 0.500. The van der Waals surface area contributed by atoms with Crippen molar-refractivity contribution >= 4 is 16.3 Å². The highest BCUT2D eigenvalue weighted by molar-refractivity contribution is 7.15. The maximum atomic E-state index is 12.3. The molecule has 0 bridgehead atoms. The first-order chi connectivity index (χ1) is 11.5. The fourth-order valence-corrected chi connectivity index (χ4v) is 4.09. The molecule has 1 aliphatic heterocycles. The number of thiazole rings is 1. The molecule has 0 amide bonds. The molecule has 1 aliphatic rings. The first kappa shape index (κ1) is 15.5. The SMILES string of the molecule is Cc1csc2nc(CN3CCn4c(nnc4C(C)C)C3)cc(=O)n12. The van der Waals surface area contributed by atoms with E-state index in [9.17, 15) is 4.79 Å². The standard InChI is InChI=1S/C16H20N6OS/c1-10(2)15-19-18-13-8-20(4-5-21(13)15)7-12-6-14(23)22-11(3)9-24-16(22)17-12/h6,9-10H,4-5,7-8H2,1-3H3. The van der Waals surface area contributed by atoms with Crippen molar-refractivity contribution in [3.8, 4) is 0 Å². The quantitative estimate of drug-likeness (QED) is 0.725. The molecule has 24 heavy (non-hydrogen) atoms. The normalized spacial score (nSPS) is 15.3. The summed E-state index contributed by atoms with van der Waals surface area (Å²) in [7, 11) is 0. The van der Waals surface area contributed by atoms with Gasteiger partial charge in [-0.05, 0) is 6.92 Å². The van der Waals surface area contributed by atoms with E-state index < -0.39 is 0 Å². The third kappa shape index (κ3) is 2.55. The zero-order valence-electron chi connectivity index (χ0n) is 14.1. The molecule has 0 spiro atoms. The lowest BCUT2D eigenvalue weighted by atomic mass is 10.2. The molecule has 4 rings (SSSR count). The first-order valence-corrected chi connectivity index (χ1v) is 9.02. The van der Waals surface area contributed by atoms with Gasteiger partial charge in [0.2, 0.25) is 0 Å². The van der Waals surface area contributed by atoms with Crippen LogP contribution in [-0.4, -0.2) is 35.6 Å². The number of rotatable bonds is 3. The van der Waals surface area contributed by atoms with Gasteiger partial charge in [-0.25, -0.2) is 4.98 Å². The van der Waals surface area contributed by atoms with Crippen LogP contribution in [0.2, 0.25) is 0 Å². The second-order valence-electron chi connectivity index (χ2n) is 6.57. The summed E-state index contributed by atoms with van der Waals surface area (Å²) in [6.45, 7) is 9.40. The molecule has 0 aromatic carbocycles. The molecule has 0 N–H and O–H groups in total. The third-order valence-corrected chi connectivity index (χ3v) is 5.34. The van der Waals surface area contributed by atoms with E-state index in [-0.39, 0.29) is 5.56 Å². The van der Waals surface area contributed by atoms with Gasteiger partial charge in [0.25, 0.3) is 5.56 Å². The lowest BCUT2D eigenvalue weighted by molar-refractivity contribution is 0.204. The van der Waals surface area contributed by atoms with Gasteiger partial charge in [0.05, 0.1) is 12.2 Å². The highest BCUT2D eigenvalue weighted by atomic mass is 32.1. The highest BCUT2D eigenvalue weighted by Gasteiger charge is 2.22. The average molecular weight is 344 g/mol. The van der Waals surface area contributed by atoms with Crippen LogP contribution in [0.3, 0.4) is 0 Å². The van der Waals surface area contributed by atoms with Crippen molar-refractivity contribution in [2.75, 3.05) is 6.54 Å². The summed E-state index contributed by atoms with van der Waals surface area (Å²) in [5.74, 6) is 2.43. The molecule has 3 aromatic rings. The summed E-state index contributed by atoms with van der Waals surface area (Å²) < 4.78 is 3.88. The van der Waals surface area contributed by atoms with Gasteiger partial charge < -0.3 is 4.57 Å². The van der Waals surface area contributed by atoms with Crippen LogP contribution in [0.1, 0.15) is 42.8 Å².